The number of hydrogen-bond acceptors (Lipinski definition) is 2. The molecule has 2 rings (SSSR count). The van der Waals surface area contributed by atoms with Crippen molar-refractivity contribution >= 4 is 28.9 Å². The number of anilines is 1. The van der Waals surface area contributed by atoms with Crippen molar-refractivity contribution in [3.05, 3.63) is 51.9 Å². The van der Waals surface area contributed by atoms with Gasteiger partial charge in [0.1, 0.15) is 11.5 Å². The maximum absolute atomic E-state index is 6.08. The summed E-state index contributed by atoms with van der Waals surface area (Å²) in [5.74, 6) is 1.77. The molecule has 0 bridgehead atoms. The van der Waals surface area contributed by atoms with Gasteiger partial charge in [0, 0.05) is 5.02 Å². The summed E-state index contributed by atoms with van der Waals surface area (Å²) >= 11 is 12.0. The predicted octanol–water partition coefficient (Wildman–Crippen LogP) is 5.07. The van der Waals surface area contributed by atoms with Crippen molar-refractivity contribution in [2.45, 2.75) is 19.9 Å². The normalized spacial score (nSPS) is 12.5. The van der Waals surface area contributed by atoms with Gasteiger partial charge in [-0.25, -0.2) is 0 Å². The molecule has 0 saturated heterocycles. The third-order valence-electron chi connectivity index (χ3n) is 2.49. The third kappa shape index (κ3) is 2.96. The van der Waals surface area contributed by atoms with Gasteiger partial charge in [-0.3, -0.25) is 0 Å². The minimum Gasteiger partial charge on any atom is -0.464 e. The van der Waals surface area contributed by atoms with Crippen LogP contribution in [-0.2, 0) is 0 Å². The smallest absolute Gasteiger partial charge is 0.126 e. The summed E-state index contributed by atoms with van der Waals surface area (Å²) in [6.07, 6.45) is 0. The standard InChI is InChI=1S/C13H13Cl2NO/c1-8-3-6-13(17-8)9(2)16-12-7-10(14)4-5-11(12)15/h3-7,9,16H,1-2H3. The zero-order valence-electron chi connectivity index (χ0n) is 9.63. The van der Waals surface area contributed by atoms with Crippen LogP contribution in [0.15, 0.2) is 34.7 Å². The van der Waals surface area contributed by atoms with Gasteiger partial charge < -0.3 is 9.73 Å². The summed E-state index contributed by atoms with van der Waals surface area (Å²) in [6.45, 7) is 3.93. The van der Waals surface area contributed by atoms with E-state index in [0.717, 1.165) is 17.2 Å². The van der Waals surface area contributed by atoms with Crippen LogP contribution in [-0.4, -0.2) is 0 Å². The zero-order chi connectivity index (χ0) is 12.4. The number of rotatable bonds is 3. The van der Waals surface area contributed by atoms with Crippen molar-refractivity contribution in [1.29, 1.82) is 0 Å². The molecule has 1 aromatic heterocycles. The lowest BCUT2D eigenvalue weighted by molar-refractivity contribution is 0.467. The molecule has 0 radical (unpaired) electrons. The predicted molar refractivity (Wildman–Crippen MR) is 71.9 cm³/mol. The minimum absolute atomic E-state index is 0.0414. The zero-order valence-corrected chi connectivity index (χ0v) is 11.1. The molecule has 0 fully saturated rings. The lowest BCUT2D eigenvalue weighted by atomic mass is 10.2. The van der Waals surface area contributed by atoms with Crippen molar-refractivity contribution < 1.29 is 4.42 Å². The number of halogens is 2. The van der Waals surface area contributed by atoms with Crippen LogP contribution >= 0.6 is 23.2 Å². The van der Waals surface area contributed by atoms with Crippen molar-refractivity contribution in [3.8, 4) is 0 Å². The third-order valence-corrected chi connectivity index (χ3v) is 3.05. The maximum atomic E-state index is 6.08. The Morgan fingerprint density at radius 3 is 2.59 bits per heavy atom. The van der Waals surface area contributed by atoms with Gasteiger partial charge in [-0.2, -0.15) is 0 Å². The minimum atomic E-state index is 0.0414. The van der Waals surface area contributed by atoms with Crippen LogP contribution in [0.4, 0.5) is 5.69 Å². The van der Waals surface area contributed by atoms with Gasteiger partial charge >= 0.3 is 0 Å². The first-order chi connectivity index (χ1) is 8.06. The van der Waals surface area contributed by atoms with E-state index in [1.807, 2.05) is 26.0 Å². The van der Waals surface area contributed by atoms with E-state index in [0.29, 0.717) is 10.0 Å². The number of furan rings is 1. The molecule has 1 atom stereocenters. The van der Waals surface area contributed by atoms with Crippen LogP contribution in [0, 0.1) is 6.92 Å². The van der Waals surface area contributed by atoms with Crippen molar-refractivity contribution in [1.82, 2.24) is 0 Å². The van der Waals surface area contributed by atoms with E-state index in [4.69, 9.17) is 27.6 Å². The van der Waals surface area contributed by atoms with Gasteiger partial charge in [0.25, 0.3) is 0 Å². The summed E-state index contributed by atoms with van der Waals surface area (Å²) in [4.78, 5) is 0. The molecule has 1 N–H and O–H groups in total. The van der Waals surface area contributed by atoms with Gasteiger partial charge in [0.2, 0.25) is 0 Å². The molecule has 4 heteroatoms. The van der Waals surface area contributed by atoms with Crippen LogP contribution in [0.5, 0.6) is 0 Å². The number of benzene rings is 1. The van der Waals surface area contributed by atoms with Crippen LogP contribution in [0.3, 0.4) is 0 Å². The van der Waals surface area contributed by atoms with Gasteiger partial charge in [-0.15, -0.1) is 0 Å². The second kappa shape index (κ2) is 5.03. The highest BCUT2D eigenvalue weighted by Gasteiger charge is 2.11. The fourth-order valence-electron chi connectivity index (χ4n) is 1.60. The molecule has 0 aliphatic rings. The summed E-state index contributed by atoms with van der Waals surface area (Å²) in [6, 6.07) is 9.26. The summed E-state index contributed by atoms with van der Waals surface area (Å²) in [5, 5.41) is 4.57. The molecule has 1 aromatic carbocycles. The van der Waals surface area contributed by atoms with E-state index in [9.17, 15) is 0 Å². The Hall–Kier alpha value is -1.12. The topological polar surface area (TPSA) is 25.2 Å². The van der Waals surface area contributed by atoms with Crippen LogP contribution in [0.25, 0.3) is 0 Å². The second-order valence-electron chi connectivity index (χ2n) is 3.94. The molecule has 0 aliphatic heterocycles. The lowest BCUT2D eigenvalue weighted by Gasteiger charge is -2.14. The average Bonchev–Trinajstić information content (AvgIpc) is 2.70. The van der Waals surface area contributed by atoms with Crippen molar-refractivity contribution in [2.24, 2.45) is 0 Å². The van der Waals surface area contributed by atoms with Crippen molar-refractivity contribution in [2.75, 3.05) is 5.32 Å². The molecular weight excluding hydrogens is 257 g/mol. The average molecular weight is 270 g/mol. The Bertz CT molecular complexity index is 522. The molecule has 0 amide bonds. The largest absolute Gasteiger partial charge is 0.464 e. The quantitative estimate of drug-likeness (QED) is 0.842. The summed E-state index contributed by atoms with van der Waals surface area (Å²) in [7, 11) is 0. The van der Waals surface area contributed by atoms with Gasteiger partial charge in [0.15, 0.2) is 0 Å². The van der Waals surface area contributed by atoms with E-state index in [1.165, 1.54) is 0 Å². The number of nitrogens with one attached hydrogen (secondary N) is 1. The van der Waals surface area contributed by atoms with Gasteiger partial charge in [0.05, 0.1) is 16.8 Å². The number of hydrogen-bond donors (Lipinski definition) is 1. The summed E-state index contributed by atoms with van der Waals surface area (Å²) < 4.78 is 5.55. The highest BCUT2D eigenvalue weighted by Crippen LogP contribution is 2.29. The molecule has 0 saturated carbocycles. The van der Waals surface area contributed by atoms with Gasteiger partial charge in [-0.1, -0.05) is 23.2 Å². The molecule has 0 spiro atoms. The van der Waals surface area contributed by atoms with Gasteiger partial charge in [-0.05, 0) is 44.2 Å². The first-order valence-corrected chi connectivity index (χ1v) is 6.10. The lowest BCUT2D eigenvalue weighted by Crippen LogP contribution is -2.05. The Kier molecular flexibility index (Phi) is 3.65. The van der Waals surface area contributed by atoms with Crippen LogP contribution in [0.2, 0.25) is 10.0 Å². The van der Waals surface area contributed by atoms with E-state index >= 15 is 0 Å². The van der Waals surface area contributed by atoms with Crippen molar-refractivity contribution in [3.63, 3.8) is 0 Å². The summed E-state index contributed by atoms with van der Waals surface area (Å²) in [5.41, 5.74) is 0.806. The highest BCUT2D eigenvalue weighted by molar-refractivity contribution is 6.35. The van der Waals surface area contributed by atoms with E-state index in [-0.39, 0.29) is 6.04 Å². The molecule has 17 heavy (non-hydrogen) atoms. The maximum Gasteiger partial charge on any atom is 0.126 e. The van der Waals surface area contributed by atoms with E-state index in [2.05, 4.69) is 5.32 Å². The van der Waals surface area contributed by atoms with Crippen LogP contribution < -0.4 is 5.32 Å². The first kappa shape index (κ1) is 12.3. The Balaban J connectivity index is 2.18. The fourth-order valence-corrected chi connectivity index (χ4v) is 1.94. The molecular formula is C13H13Cl2NO. The fraction of sp³-hybridized carbons (Fsp3) is 0.231. The molecule has 2 nitrogen and oxygen atoms in total. The molecule has 2 aromatic rings. The van der Waals surface area contributed by atoms with E-state index in [1.54, 1.807) is 18.2 Å². The molecule has 1 unspecified atom stereocenters. The second-order valence-corrected chi connectivity index (χ2v) is 4.78. The molecule has 90 valence electrons. The molecule has 1 heterocycles. The SMILES string of the molecule is Cc1ccc(C(C)Nc2cc(Cl)ccc2Cl)o1. The number of aryl methyl sites for hydroxylation is 1. The Labute approximate surface area is 111 Å². The van der Waals surface area contributed by atoms with Crippen LogP contribution in [0.1, 0.15) is 24.5 Å². The highest BCUT2D eigenvalue weighted by atomic mass is 35.5. The first-order valence-electron chi connectivity index (χ1n) is 5.34. The molecule has 0 aliphatic carbocycles. The Morgan fingerprint density at radius 1 is 1.18 bits per heavy atom. The Morgan fingerprint density at radius 2 is 1.94 bits per heavy atom. The monoisotopic (exact) mass is 269 g/mol. The van der Waals surface area contributed by atoms with E-state index < -0.39 is 0 Å².